The Bertz CT molecular complexity index is 813. The Labute approximate surface area is 129 Å². The van der Waals surface area contributed by atoms with Crippen LogP contribution in [0.15, 0.2) is 35.2 Å². The molecule has 2 aromatic rings. The fraction of sp³-hybridized carbons (Fsp3) is 0. The maximum atomic E-state index is 13.8. The van der Waals surface area contributed by atoms with Gasteiger partial charge in [-0.1, -0.05) is 23.2 Å². The Morgan fingerprint density at radius 1 is 1.05 bits per heavy atom. The summed E-state index contributed by atoms with van der Waals surface area (Å²) >= 11 is 11.3. The number of nitrogens with one attached hydrogen (secondary N) is 1. The van der Waals surface area contributed by atoms with Gasteiger partial charge in [-0.15, -0.1) is 0 Å². The van der Waals surface area contributed by atoms with Crippen LogP contribution < -0.4 is 10.5 Å². The summed E-state index contributed by atoms with van der Waals surface area (Å²) in [5.74, 6) is -2.03. The fourth-order valence-electron chi connectivity index (χ4n) is 1.56. The molecule has 0 atom stereocenters. The van der Waals surface area contributed by atoms with Crippen LogP contribution in [0.5, 0.6) is 0 Å². The van der Waals surface area contributed by atoms with Gasteiger partial charge in [-0.2, -0.15) is 0 Å². The van der Waals surface area contributed by atoms with E-state index in [4.69, 9.17) is 28.9 Å². The molecule has 0 amide bonds. The van der Waals surface area contributed by atoms with Gasteiger partial charge in [-0.05, 0) is 30.3 Å². The van der Waals surface area contributed by atoms with Crippen molar-refractivity contribution in [3.8, 4) is 0 Å². The largest absolute Gasteiger partial charge is 0.396 e. The molecule has 0 aromatic heterocycles. The molecule has 0 aliphatic heterocycles. The molecule has 0 bridgehead atoms. The van der Waals surface area contributed by atoms with Crippen LogP contribution in [0.3, 0.4) is 0 Å². The Morgan fingerprint density at radius 3 is 2.38 bits per heavy atom. The average Bonchev–Trinajstić information content (AvgIpc) is 2.37. The van der Waals surface area contributed by atoms with Gasteiger partial charge in [0.2, 0.25) is 0 Å². The van der Waals surface area contributed by atoms with Crippen LogP contribution in [0.4, 0.5) is 20.2 Å². The molecule has 0 radical (unpaired) electrons. The maximum Gasteiger partial charge on any atom is 0.265 e. The Kier molecular flexibility index (Phi) is 4.27. The molecule has 2 rings (SSSR count). The molecule has 112 valence electrons. The molecule has 0 saturated heterocycles. The molecule has 0 saturated carbocycles. The van der Waals surface area contributed by atoms with E-state index in [0.29, 0.717) is 0 Å². The molecule has 4 nitrogen and oxygen atoms in total. The topological polar surface area (TPSA) is 72.2 Å². The monoisotopic (exact) mass is 352 g/mol. The standard InChI is InChI=1S/C12H8Cl2F2N2O2S/c13-6-1-2-8(15)10(4-6)18-21(19,20)11-5-7(14)3-9(17)12(11)16/h1-5,18H,17H2. The zero-order valence-corrected chi connectivity index (χ0v) is 12.5. The third-order valence-corrected chi connectivity index (χ3v) is 4.31. The molecule has 0 fully saturated rings. The summed E-state index contributed by atoms with van der Waals surface area (Å²) in [6, 6.07) is 5.21. The number of benzene rings is 2. The number of halogens is 4. The summed E-state index contributed by atoms with van der Waals surface area (Å²) in [5.41, 5.74) is 4.47. The normalized spacial score (nSPS) is 11.4. The first-order valence-electron chi connectivity index (χ1n) is 5.43. The van der Waals surface area contributed by atoms with E-state index < -0.39 is 37.9 Å². The van der Waals surface area contributed by atoms with Crippen LogP contribution in [0.2, 0.25) is 10.0 Å². The van der Waals surface area contributed by atoms with E-state index in [1.54, 1.807) is 0 Å². The van der Waals surface area contributed by atoms with Crippen molar-refractivity contribution in [3.63, 3.8) is 0 Å². The van der Waals surface area contributed by atoms with Gasteiger partial charge < -0.3 is 5.73 Å². The number of rotatable bonds is 3. The summed E-state index contributed by atoms with van der Waals surface area (Å²) in [5, 5.41) is 0.0426. The Balaban J connectivity index is 2.51. The van der Waals surface area contributed by atoms with Gasteiger partial charge in [-0.3, -0.25) is 4.72 Å². The molecule has 0 aliphatic rings. The highest BCUT2D eigenvalue weighted by Gasteiger charge is 2.23. The number of anilines is 2. The van der Waals surface area contributed by atoms with Crippen molar-refractivity contribution >= 4 is 44.6 Å². The number of nitrogens with two attached hydrogens (primary N) is 1. The molecule has 21 heavy (non-hydrogen) atoms. The number of nitrogen functional groups attached to an aromatic ring is 1. The number of hydrogen-bond acceptors (Lipinski definition) is 3. The summed E-state index contributed by atoms with van der Waals surface area (Å²) in [7, 11) is -4.42. The predicted octanol–water partition coefficient (Wildman–Crippen LogP) is 3.65. The van der Waals surface area contributed by atoms with Gasteiger partial charge in [0.1, 0.15) is 10.7 Å². The molecule has 9 heteroatoms. The minimum Gasteiger partial charge on any atom is -0.396 e. The van der Waals surface area contributed by atoms with Crippen molar-refractivity contribution in [1.82, 2.24) is 0 Å². The molecule has 0 aliphatic carbocycles. The van der Waals surface area contributed by atoms with Gasteiger partial charge in [0.25, 0.3) is 10.0 Å². The lowest BCUT2D eigenvalue weighted by Gasteiger charge is -2.11. The van der Waals surface area contributed by atoms with Crippen LogP contribution >= 0.6 is 23.2 Å². The smallest absolute Gasteiger partial charge is 0.265 e. The van der Waals surface area contributed by atoms with E-state index in [9.17, 15) is 17.2 Å². The highest BCUT2D eigenvalue weighted by atomic mass is 35.5. The van der Waals surface area contributed by atoms with Gasteiger partial charge in [0, 0.05) is 10.0 Å². The summed E-state index contributed by atoms with van der Waals surface area (Å²) in [4.78, 5) is -0.785. The minimum atomic E-state index is -4.42. The van der Waals surface area contributed by atoms with Crippen molar-refractivity contribution in [2.24, 2.45) is 0 Å². The Morgan fingerprint density at radius 2 is 1.71 bits per heavy atom. The lowest BCUT2D eigenvalue weighted by Crippen LogP contribution is -2.16. The zero-order valence-electron chi connectivity index (χ0n) is 10.2. The molecular formula is C12H8Cl2F2N2O2S. The first-order valence-corrected chi connectivity index (χ1v) is 7.67. The minimum absolute atomic E-state index is 0.0687. The predicted molar refractivity (Wildman–Crippen MR) is 78.0 cm³/mol. The van der Waals surface area contributed by atoms with Gasteiger partial charge in [0.05, 0.1) is 11.4 Å². The molecule has 3 N–H and O–H groups in total. The molecule has 0 heterocycles. The summed E-state index contributed by atoms with van der Waals surface area (Å²) < 4.78 is 53.5. The molecular weight excluding hydrogens is 345 g/mol. The van der Waals surface area contributed by atoms with E-state index in [-0.39, 0.29) is 10.0 Å². The highest BCUT2D eigenvalue weighted by molar-refractivity contribution is 7.92. The first-order chi connectivity index (χ1) is 9.70. The van der Waals surface area contributed by atoms with E-state index in [1.807, 2.05) is 4.72 Å². The van der Waals surface area contributed by atoms with Gasteiger partial charge >= 0.3 is 0 Å². The summed E-state index contributed by atoms with van der Waals surface area (Å²) in [6.07, 6.45) is 0. The van der Waals surface area contributed by atoms with Crippen molar-refractivity contribution in [1.29, 1.82) is 0 Å². The average molecular weight is 353 g/mol. The molecule has 2 aromatic carbocycles. The fourth-order valence-corrected chi connectivity index (χ4v) is 3.21. The van der Waals surface area contributed by atoms with Crippen molar-refractivity contribution < 1.29 is 17.2 Å². The van der Waals surface area contributed by atoms with Crippen molar-refractivity contribution in [2.75, 3.05) is 10.5 Å². The molecule has 0 spiro atoms. The zero-order chi connectivity index (χ0) is 15.8. The number of sulfonamides is 1. The third-order valence-electron chi connectivity index (χ3n) is 2.49. The van der Waals surface area contributed by atoms with Crippen LogP contribution in [-0.2, 0) is 10.0 Å². The lowest BCUT2D eigenvalue weighted by molar-refractivity contribution is 0.572. The summed E-state index contributed by atoms with van der Waals surface area (Å²) in [6.45, 7) is 0. The maximum absolute atomic E-state index is 13.8. The van der Waals surface area contributed by atoms with E-state index in [2.05, 4.69) is 0 Å². The second kappa shape index (κ2) is 5.67. The SMILES string of the molecule is Nc1cc(Cl)cc(S(=O)(=O)Nc2cc(Cl)ccc2F)c1F. The van der Waals surface area contributed by atoms with Crippen LogP contribution in [0, 0.1) is 11.6 Å². The third kappa shape index (κ3) is 3.37. The second-order valence-electron chi connectivity index (χ2n) is 4.04. The van der Waals surface area contributed by atoms with Gasteiger partial charge in [-0.25, -0.2) is 17.2 Å². The molecule has 0 unspecified atom stereocenters. The van der Waals surface area contributed by atoms with E-state index >= 15 is 0 Å². The van der Waals surface area contributed by atoms with Gasteiger partial charge in [0.15, 0.2) is 5.82 Å². The van der Waals surface area contributed by atoms with E-state index in [1.165, 1.54) is 6.07 Å². The quantitative estimate of drug-likeness (QED) is 0.828. The highest BCUT2D eigenvalue weighted by Crippen LogP contribution is 2.28. The van der Waals surface area contributed by atoms with E-state index in [0.717, 1.165) is 24.3 Å². The number of hydrogen-bond donors (Lipinski definition) is 2. The second-order valence-corrected chi connectivity index (χ2v) is 6.56. The van der Waals surface area contributed by atoms with Crippen LogP contribution in [0.1, 0.15) is 0 Å². The van der Waals surface area contributed by atoms with Crippen LogP contribution in [0.25, 0.3) is 0 Å². The Hall–Kier alpha value is -1.57. The lowest BCUT2D eigenvalue weighted by atomic mass is 10.3. The van der Waals surface area contributed by atoms with Crippen LogP contribution in [-0.4, -0.2) is 8.42 Å². The first kappa shape index (κ1) is 15.8. The van der Waals surface area contributed by atoms with Crippen molar-refractivity contribution in [2.45, 2.75) is 4.90 Å². The van der Waals surface area contributed by atoms with Crippen molar-refractivity contribution in [3.05, 3.63) is 52.0 Å².